The van der Waals surface area contributed by atoms with E-state index in [1.807, 2.05) is 12.1 Å². The van der Waals surface area contributed by atoms with Gasteiger partial charge in [-0.1, -0.05) is 32.9 Å². The van der Waals surface area contributed by atoms with E-state index in [0.29, 0.717) is 13.2 Å². The Bertz CT molecular complexity index is 452. The van der Waals surface area contributed by atoms with Gasteiger partial charge in [-0.3, -0.25) is 0 Å². The van der Waals surface area contributed by atoms with Gasteiger partial charge < -0.3 is 15.2 Å². The minimum atomic E-state index is -0.0632. The zero-order valence-corrected chi connectivity index (χ0v) is 11.8. The summed E-state index contributed by atoms with van der Waals surface area (Å²) >= 11 is 0. The molecule has 2 N–H and O–H groups in total. The fourth-order valence-electron chi connectivity index (χ4n) is 1.92. The first kappa shape index (κ1) is 13.7. The van der Waals surface area contributed by atoms with Crippen molar-refractivity contribution in [2.24, 2.45) is 10.7 Å². The van der Waals surface area contributed by atoms with Crippen molar-refractivity contribution >= 4 is 6.02 Å². The fourth-order valence-corrected chi connectivity index (χ4v) is 1.92. The summed E-state index contributed by atoms with van der Waals surface area (Å²) in [5.74, 6) is 0.852. The van der Waals surface area contributed by atoms with E-state index in [0.717, 1.165) is 12.2 Å². The number of benzene rings is 1. The van der Waals surface area contributed by atoms with Crippen molar-refractivity contribution in [2.45, 2.75) is 38.7 Å². The second-order valence-corrected chi connectivity index (χ2v) is 5.49. The lowest BCUT2D eigenvalue weighted by Crippen LogP contribution is -2.24. The first-order chi connectivity index (χ1) is 9.01. The third-order valence-electron chi connectivity index (χ3n) is 3.69. The van der Waals surface area contributed by atoms with E-state index >= 15 is 0 Å². The summed E-state index contributed by atoms with van der Waals surface area (Å²) in [5.41, 5.74) is 6.98. The van der Waals surface area contributed by atoms with Gasteiger partial charge in [0.2, 0.25) is 0 Å². The number of aliphatic imine (C=N–C) groups is 1. The largest absolute Gasteiger partial charge is 0.490 e. The first-order valence-electron chi connectivity index (χ1n) is 6.71. The average Bonchev–Trinajstić information content (AvgIpc) is 2.83. The lowest BCUT2D eigenvalue weighted by molar-refractivity contribution is 0.141. The molecule has 2 rings (SSSR count). The van der Waals surface area contributed by atoms with E-state index in [1.54, 1.807) is 0 Å². The van der Waals surface area contributed by atoms with Crippen LogP contribution in [0.15, 0.2) is 29.3 Å². The number of nitrogens with two attached hydrogens (primary N) is 1. The Morgan fingerprint density at radius 3 is 2.58 bits per heavy atom. The van der Waals surface area contributed by atoms with Gasteiger partial charge in [0.25, 0.3) is 6.02 Å². The third kappa shape index (κ3) is 3.40. The molecule has 0 aromatic heterocycles. The highest BCUT2D eigenvalue weighted by Crippen LogP contribution is 2.28. The van der Waals surface area contributed by atoms with Crippen molar-refractivity contribution in [1.82, 2.24) is 0 Å². The number of amidine groups is 1. The van der Waals surface area contributed by atoms with Gasteiger partial charge in [-0.05, 0) is 29.5 Å². The summed E-state index contributed by atoms with van der Waals surface area (Å²) in [4.78, 5) is 3.98. The van der Waals surface area contributed by atoms with Crippen LogP contribution in [0, 0.1) is 0 Å². The third-order valence-corrected chi connectivity index (χ3v) is 3.69. The molecule has 0 radical (unpaired) electrons. The minimum absolute atomic E-state index is 0.0632. The minimum Gasteiger partial charge on any atom is -0.490 e. The number of hydrogen-bond acceptors (Lipinski definition) is 4. The predicted molar refractivity (Wildman–Crippen MR) is 76.6 cm³/mol. The lowest BCUT2D eigenvalue weighted by atomic mass is 9.82. The zero-order chi connectivity index (χ0) is 13.9. The van der Waals surface area contributed by atoms with Crippen LogP contribution in [-0.2, 0) is 10.2 Å². The van der Waals surface area contributed by atoms with Crippen molar-refractivity contribution in [3.63, 3.8) is 0 Å². The molecule has 0 fully saturated rings. The van der Waals surface area contributed by atoms with Crippen LogP contribution in [0.5, 0.6) is 5.75 Å². The van der Waals surface area contributed by atoms with Crippen LogP contribution >= 0.6 is 0 Å². The molecule has 1 aromatic carbocycles. The molecule has 0 amide bonds. The fraction of sp³-hybridized carbons (Fsp3) is 0.533. The first-order valence-corrected chi connectivity index (χ1v) is 6.71. The van der Waals surface area contributed by atoms with Gasteiger partial charge in [0.15, 0.2) is 6.10 Å². The number of ether oxygens (including phenoxy) is 2. The molecule has 4 nitrogen and oxygen atoms in total. The predicted octanol–water partition coefficient (Wildman–Crippen LogP) is 2.47. The topological polar surface area (TPSA) is 56.8 Å². The SMILES string of the molecule is CCC(C)(C)c1ccc(OCC2CN=C(N)O2)cc1. The molecule has 1 heterocycles. The summed E-state index contributed by atoms with van der Waals surface area (Å²) < 4.78 is 11.0. The quantitative estimate of drug-likeness (QED) is 0.886. The average molecular weight is 262 g/mol. The molecule has 0 saturated carbocycles. The molecule has 0 bridgehead atoms. The molecule has 1 atom stereocenters. The smallest absolute Gasteiger partial charge is 0.282 e. The Labute approximate surface area is 114 Å². The standard InChI is InChI=1S/C15H22N2O2/c1-4-15(2,3)11-5-7-12(8-6-11)18-10-13-9-17-14(16)19-13/h5-8,13H,4,9-10H2,1-3H3,(H2,16,17). The van der Waals surface area contributed by atoms with Gasteiger partial charge in [-0.25, -0.2) is 4.99 Å². The second kappa shape index (κ2) is 5.51. The van der Waals surface area contributed by atoms with Crippen molar-refractivity contribution in [1.29, 1.82) is 0 Å². The van der Waals surface area contributed by atoms with Gasteiger partial charge in [0, 0.05) is 0 Å². The molecule has 0 aliphatic carbocycles. The van der Waals surface area contributed by atoms with E-state index in [-0.39, 0.29) is 17.5 Å². The van der Waals surface area contributed by atoms with Crippen molar-refractivity contribution < 1.29 is 9.47 Å². The van der Waals surface area contributed by atoms with Crippen LogP contribution in [-0.4, -0.2) is 25.3 Å². The number of hydrogen-bond donors (Lipinski definition) is 1. The summed E-state index contributed by atoms with van der Waals surface area (Å²) in [6.07, 6.45) is 1.05. The molecule has 1 unspecified atom stereocenters. The van der Waals surface area contributed by atoms with Gasteiger partial charge in [-0.2, -0.15) is 0 Å². The zero-order valence-electron chi connectivity index (χ0n) is 11.8. The summed E-state index contributed by atoms with van der Waals surface area (Å²) in [6, 6.07) is 8.52. The molecule has 0 saturated heterocycles. The highest BCUT2D eigenvalue weighted by molar-refractivity contribution is 5.73. The maximum Gasteiger partial charge on any atom is 0.282 e. The van der Waals surface area contributed by atoms with Gasteiger partial charge >= 0.3 is 0 Å². The Balaban J connectivity index is 1.89. The molecule has 4 heteroatoms. The van der Waals surface area contributed by atoms with Crippen LogP contribution in [0.25, 0.3) is 0 Å². The monoisotopic (exact) mass is 262 g/mol. The summed E-state index contributed by atoms with van der Waals surface area (Å²) in [6.45, 7) is 7.74. The highest BCUT2D eigenvalue weighted by Gasteiger charge is 2.19. The Hall–Kier alpha value is -1.71. The molecule has 1 aromatic rings. The van der Waals surface area contributed by atoms with Crippen LogP contribution in [0.4, 0.5) is 0 Å². The Morgan fingerprint density at radius 1 is 1.37 bits per heavy atom. The van der Waals surface area contributed by atoms with Crippen molar-refractivity contribution in [3.8, 4) is 5.75 Å². The number of rotatable bonds is 5. The van der Waals surface area contributed by atoms with E-state index in [9.17, 15) is 0 Å². The summed E-state index contributed by atoms with van der Waals surface area (Å²) in [5, 5.41) is 0. The second-order valence-electron chi connectivity index (χ2n) is 5.49. The van der Waals surface area contributed by atoms with Crippen molar-refractivity contribution in [2.75, 3.05) is 13.2 Å². The molecule has 1 aliphatic rings. The van der Waals surface area contributed by atoms with Crippen LogP contribution in [0.3, 0.4) is 0 Å². The van der Waals surface area contributed by atoms with Crippen molar-refractivity contribution in [3.05, 3.63) is 29.8 Å². The molecule has 1 aliphatic heterocycles. The van der Waals surface area contributed by atoms with E-state index < -0.39 is 0 Å². The van der Waals surface area contributed by atoms with Gasteiger partial charge in [-0.15, -0.1) is 0 Å². The maximum absolute atomic E-state index is 5.69. The van der Waals surface area contributed by atoms with E-state index in [1.165, 1.54) is 5.56 Å². The highest BCUT2D eigenvalue weighted by atomic mass is 16.5. The maximum atomic E-state index is 5.69. The Kier molecular flexibility index (Phi) is 3.98. The van der Waals surface area contributed by atoms with E-state index in [4.69, 9.17) is 15.2 Å². The van der Waals surface area contributed by atoms with Gasteiger partial charge in [0.05, 0.1) is 6.54 Å². The lowest BCUT2D eigenvalue weighted by Gasteiger charge is -2.23. The van der Waals surface area contributed by atoms with Crippen LogP contribution in [0.2, 0.25) is 0 Å². The van der Waals surface area contributed by atoms with Crippen LogP contribution < -0.4 is 10.5 Å². The molecular formula is C15H22N2O2. The molecule has 104 valence electrons. The number of nitrogens with zero attached hydrogens (tertiary/aromatic N) is 1. The Morgan fingerprint density at radius 2 is 2.05 bits per heavy atom. The van der Waals surface area contributed by atoms with Crippen LogP contribution in [0.1, 0.15) is 32.8 Å². The summed E-state index contributed by atoms with van der Waals surface area (Å²) in [7, 11) is 0. The molecule has 0 spiro atoms. The molecule has 19 heavy (non-hydrogen) atoms. The molecular weight excluding hydrogens is 240 g/mol. The normalized spacial score (nSPS) is 18.9. The van der Waals surface area contributed by atoms with Gasteiger partial charge in [0.1, 0.15) is 12.4 Å². The van der Waals surface area contributed by atoms with E-state index in [2.05, 4.69) is 37.9 Å².